The number of anilines is 1. The molecule has 0 fully saturated rings. The van der Waals surface area contributed by atoms with Gasteiger partial charge in [0.15, 0.2) is 0 Å². The summed E-state index contributed by atoms with van der Waals surface area (Å²) in [4.78, 5) is 11.0. The van der Waals surface area contributed by atoms with Gasteiger partial charge in [-0.25, -0.2) is 4.98 Å². The van der Waals surface area contributed by atoms with E-state index >= 15 is 0 Å². The van der Waals surface area contributed by atoms with E-state index in [0.29, 0.717) is 0 Å². The van der Waals surface area contributed by atoms with Crippen molar-refractivity contribution >= 4 is 17.4 Å². The molecular weight excluding hydrogens is 218 g/mol. The fourth-order valence-electron chi connectivity index (χ4n) is 1.96. The summed E-state index contributed by atoms with van der Waals surface area (Å²) in [5.41, 5.74) is 2.43. The third kappa shape index (κ3) is 1.80. The van der Waals surface area contributed by atoms with E-state index in [-0.39, 0.29) is 0 Å². The topological polar surface area (TPSA) is 31.9 Å². The van der Waals surface area contributed by atoms with E-state index in [2.05, 4.69) is 39.1 Å². The molecule has 1 aromatic heterocycles. The first-order chi connectivity index (χ1) is 7.93. The zero-order valence-corrected chi connectivity index (χ0v) is 9.70. The predicted octanol–water partition coefficient (Wildman–Crippen LogP) is 2.52. The molecule has 0 saturated heterocycles. The first-order valence-electron chi connectivity index (χ1n) is 5.38. The molecule has 4 heteroatoms. The van der Waals surface area contributed by atoms with Crippen molar-refractivity contribution in [1.29, 1.82) is 0 Å². The molecule has 82 valence electrons. The molecule has 0 amide bonds. The van der Waals surface area contributed by atoms with Crippen molar-refractivity contribution in [3.63, 3.8) is 0 Å². The Bertz CT molecular complexity index is 467. The molecule has 3 rings (SSSR count). The molecular formula is C12H13N3S. The Kier molecular flexibility index (Phi) is 2.58. The van der Waals surface area contributed by atoms with Crippen LogP contribution in [0.5, 0.6) is 0 Å². The first kappa shape index (κ1) is 9.78. The fourth-order valence-corrected chi connectivity index (χ4v) is 3.02. The average Bonchev–Trinajstić information content (AvgIpc) is 2.82. The minimum absolute atomic E-state index is 0.890. The molecule has 0 unspecified atom stereocenters. The number of thioether (sulfide) groups is 1. The van der Waals surface area contributed by atoms with Gasteiger partial charge in [-0.15, -0.1) is 11.8 Å². The van der Waals surface area contributed by atoms with Gasteiger partial charge in [0, 0.05) is 23.4 Å². The average molecular weight is 231 g/mol. The lowest BCUT2D eigenvalue weighted by Crippen LogP contribution is -2.28. The van der Waals surface area contributed by atoms with Gasteiger partial charge in [-0.1, -0.05) is 12.1 Å². The molecule has 0 spiro atoms. The Balaban J connectivity index is 1.87. The Labute approximate surface area is 98.9 Å². The normalized spacial score (nSPS) is 14.9. The number of rotatable bonds is 2. The number of hydrogen-bond acceptors (Lipinski definition) is 3. The highest BCUT2D eigenvalue weighted by atomic mass is 32.2. The number of H-pyrrole nitrogens is 1. The second kappa shape index (κ2) is 4.22. The van der Waals surface area contributed by atoms with Crippen molar-refractivity contribution in [3.05, 3.63) is 42.5 Å². The van der Waals surface area contributed by atoms with Crippen molar-refractivity contribution < 1.29 is 0 Å². The Hall–Kier alpha value is -1.42. The Morgan fingerprint density at radius 1 is 1.38 bits per heavy atom. The van der Waals surface area contributed by atoms with E-state index in [1.807, 2.05) is 18.0 Å². The summed E-state index contributed by atoms with van der Waals surface area (Å²) in [6.45, 7) is 1.98. The third-order valence-electron chi connectivity index (χ3n) is 2.73. The van der Waals surface area contributed by atoms with Crippen molar-refractivity contribution in [2.24, 2.45) is 0 Å². The number of fused-ring (bicyclic) bond motifs is 1. The molecule has 0 saturated carbocycles. The van der Waals surface area contributed by atoms with Crippen molar-refractivity contribution in [2.75, 3.05) is 17.2 Å². The van der Waals surface area contributed by atoms with E-state index < -0.39 is 0 Å². The third-order valence-corrected chi connectivity index (χ3v) is 3.78. The van der Waals surface area contributed by atoms with Crippen LogP contribution in [-0.2, 0) is 6.54 Å². The summed E-state index contributed by atoms with van der Waals surface area (Å²) >= 11 is 1.94. The zero-order valence-electron chi connectivity index (χ0n) is 8.89. The SMILES string of the molecule is c1ccc2c(c1)SCCN2Cc1c[nH]cn1. The number of aromatic amines is 1. The molecule has 3 nitrogen and oxygen atoms in total. The van der Waals surface area contributed by atoms with Crippen LogP contribution >= 0.6 is 11.8 Å². The molecule has 1 aliphatic heterocycles. The second-order valence-corrected chi connectivity index (χ2v) is 4.94. The molecule has 1 aliphatic rings. The van der Waals surface area contributed by atoms with Gasteiger partial charge in [-0.05, 0) is 12.1 Å². The second-order valence-electron chi connectivity index (χ2n) is 3.80. The fraction of sp³-hybridized carbons (Fsp3) is 0.250. The molecule has 0 atom stereocenters. The largest absolute Gasteiger partial charge is 0.364 e. The molecule has 0 radical (unpaired) electrons. The summed E-state index contributed by atoms with van der Waals surface area (Å²) in [6.07, 6.45) is 3.70. The Morgan fingerprint density at radius 2 is 2.31 bits per heavy atom. The highest BCUT2D eigenvalue weighted by Crippen LogP contribution is 2.34. The summed E-state index contributed by atoms with van der Waals surface area (Å²) in [7, 11) is 0. The van der Waals surface area contributed by atoms with Crippen LogP contribution in [0.3, 0.4) is 0 Å². The molecule has 16 heavy (non-hydrogen) atoms. The summed E-state index contributed by atoms with van der Waals surface area (Å²) in [5, 5.41) is 0. The Morgan fingerprint density at radius 3 is 3.19 bits per heavy atom. The van der Waals surface area contributed by atoms with E-state index in [4.69, 9.17) is 0 Å². The number of hydrogen-bond donors (Lipinski definition) is 1. The zero-order chi connectivity index (χ0) is 10.8. The minimum Gasteiger partial charge on any atom is -0.364 e. The summed E-state index contributed by atoms with van der Waals surface area (Å²) in [6, 6.07) is 8.58. The van der Waals surface area contributed by atoms with Crippen LogP contribution in [0, 0.1) is 0 Å². The number of para-hydroxylation sites is 1. The molecule has 1 aromatic carbocycles. The lowest BCUT2D eigenvalue weighted by Gasteiger charge is -2.30. The van der Waals surface area contributed by atoms with Gasteiger partial charge in [0.25, 0.3) is 0 Å². The van der Waals surface area contributed by atoms with E-state index in [1.165, 1.54) is 10.6 Å². The smallest absolute Gasteiger partial charge is 0.0923 e. The van der Waals surface area contributed by atoms with Crippen molar-refractivity contribution in [3.8, 4) is 0 Å². The summed E-state index contributed by atoms with van der Waals surface area (Å²) < 4.78 is 0. The van der Waals surface area contributed by atoms with E-state index in [0.717, 1.165) is 24.5 Å². The maximum absolute atomic E-state index is 4.28. The number of nitrogens with one attached hydrogen (secondary N) is 1. The highest BCUT2D eigenvalue weighted by molar-refractivity contribution is 7.99. The van der Waals surface area contributed by atoms with Crippen LogP contribution in [-0.4, -0.2) is 22.3 Å². The lowest BCUT2D eigenvalue weighted by atomic mass is 10.2. The highest BCUT2D eigenvalue weighted by Gasteiger charge is 2.17. The lowest BCUT2D eigenvalue weighted by molar-refractivity contribution is 0.802. The number of benzene rings is 1. The van der Waals surface area contributed by atoms with Gasteiger partial charge in [0.1, 0.15) is 0 Å². The van der Waals surface area contributed by atoms with Gasteiger partial charge in [0.2, 0.25) is 0 Å². The minimum atomic E-state index is 0.890. The van der Waals surface area contributed by atoms with Crippen LogP contribution in [0.2, 0.25) is 0 Å². The quantitative estimate of drug-likeness (QED) is 0.862. The molecule has 0 aliphatic carbocycles. The van der Waals surface area contributed by atoms with Crippen LogP contribution in [0.15, 0.2) is 41.7 Å². The van der Waals surface area contributed by atoms with Crippen LogP contribution in [0.4, 0.5) is 5.69 Å². The predicted molar refractivity (Wildman–Crippen MR) is 66.8 cm³/mol. The molecule has 1 N–H and O–H groups in total. The number of imidazole rings is 1. The monoisotopic (exact) mass is 231 g/mol. The van der Waals surface area contributed by atoms with Gasteiger partial charge in [0.05, 0.1) is 24.3 Å². The van der Waals surface area contributed by atoms with E-state index in [1.54, 1.807) is 6.33 Å². The number of nitrogens with zero attached hydrogens (tertiary/aromatic N) is 2. The van der Waals surface area contributed by atoms with Crippen LogP contribution in [0.25, 0.3) is 0 Å². The van der Waals surface area contributed by atoms with Gasteiger partial charge < -0.3 is 9.88 Å². The van der Waals surface area contributed by atoms with E-state index in [9.17, 15) is 0 Å². The van der Waals surface area contributed by atoms with Crippen molar-refractivity contribution in [2.45, 2.75) is 11.4 Å². The van der Waals surface area contributed by atoms with Crippen LogP contribution in [0.1, 0.15) is 5.69 Å². The maximum atomic E-state index is 4.28. The standard InChI is InChI=1S/C12H13N3S/c1-2-4-12-11(3-1)15(5-6-16-12)8-10-7-13-9-14-10/h1-4,7,9H,5-6,8H2,(H,13,14). The van der Waals surface area contributed by atoms with Gasteiger partial charge >= 0.3 is 0 Å². The maximum Gasteiger partial charge on any atom is 0.0923 e. The number of aromatic nitrogens is 2. The molecule has 0 bridgehead atoms. The summed E-state index contributed by atoms with van der Waals surface area (Å²) in [5.74, 6) is 1.15. The molecule has 2 aromatic rings. The van der Waals surface area contributed by atoms with Gasteiger partial charge in [-0.2, -0.15) is 0 Å². The molecule has 2 heterocycles. The van der Waals surface area contributed by atoms with Gasteiger partial charge in [-0.3, -0.25) is 0 Å². The van der Waals surface area contributed by atoms with Crippen LogP contribution < -0.4 is 4.90 Å². The van der Waals surface area contributed by atoms with Crippen molar-refractivity contribution in [1.82, 2.24) is 9.97 Å². The first-order valence-corrected chi connectivity index (χ1v) is 6.36.